The summed E-state index contributed by atoms with van der Waals surface area (Å²) in [4.78, 5) is 0. The maximum absolute atomic E-state index is 5.48. The maximum atomic E-state index is 5.48. The average molecular weight is 311 g/mol. The van der Waals surface area contributed by atoms with Gasteiger partial charge in [-0.1, -0.05) is 33.2 Å². The van der Waals surface area contributed by atoms with Crippen LogP contribution >= 0.6 is 15.9 Å². The molecule has 1 aromatic carbocycles. The molecule has 5 nitrogen and oxygen atoms in total. The molecule has 0 saturated carbocycles. The summed E-state index contributed by atoms with van der Waals surface area (Å²) in [5, 5.41) is 14.0. The quantitative estimate of drug-likeness (QED) is 0.889. The predicted molar refractivity (Wildman–Crippen MR) is 73.2 cm³/mol. The molecule has 1 aromatic heterocycles. The fourth-order valence-corrected chi connectivity index (χ4v) is 1.65. The Kier molecular flexibility index (Phi) is 4.33. The Balaban J connectivity index is 1.94. The van der Waals surface area contributed by atoms with Crippen LogP contribution in [0.15, 0.2) is 33.2 Å². The number of benzene rings is 1. The van der Waals surface area contributed by atoms with E-state index in [1.807, 2.05) is 38.2 Å². The molecular weight excluding hydrogens is 296 g/mol. The molecule has 0 fully saturated rings. The van der Waals surface area contributed by atoms with Crippen LogP contribution in [-0.2, 0) is 6.54 Å². The zero-order valence-electron chi connectivity index (χ0n) is 10.3. The fraction of sp³-hybridized carbons (Fsp3) is 0.333. The van der Waals surface area contributed by atoms with Crippen LogP contribution in [-0.4, -0.2) is 17.2 Å². The van der Waals surface area contributed by atoms with E-state index in [1.54, 1.807) is 0 Å². The molecule has 18 heavy (non-hydrogen) atoms. The standard InChI is InChI=1S/C12H15BrN4O/c1-8(14-2)11-16-17-12(18-11)15-7-9-3-5-10(13)6-4-9/h3-6,8,14H,7H2,1-2H3,(H,15,17). The second kappa shape index (κ2) is 5.97. The first kappa shape index (κ1) is 13.0. The Morgan fingerprint density at radius 3 is 2.67 bits per heavy atom. The second-order valence-corrected chi connectivity index (χ2v) is 4.85. The van der Waals surface area contributed by atoms with Crippen molar-refractivity contribution in [2.45, 2.75) is 19.5 Å². The van der Waals surface area contributed by atoms with Crippen molar-refractivity contribution < 1.29 is 4.42 Å². The summed E-state index contributed by atoms with van der Waals surface area (Å²) in [5.41, 5.74) is 1.15. The van der Waals surface area contributed by atoms with Crippen molar-refractivity contribution in [2.75, 3.05) is 12.4 Å². The minimum atomic E-state index is 0.0562. The van der Waals surface area contributed by atoms with E-state index in [0.717, 1.165) is 10.0 Å². The molecule has 2 N–H and O–H groups in total. The van der Waals surface area contributed by atoms with E-state index in [4.69, 9.17) is 4.42 Å². The van der Waals surface area contributed by atoms with Crippen LogP contribution < -0.4 is 10.6 Å². The lowest BCUT2D eigenvalue weighted by molar-refractivity contribution is 0.441. The van der Waals surface area contributed by atoms with Gasteiger partial charge in [0.2, 0.25) is 5.89 Å². The molecule has 1 atom stereocenters. The van der Waals surface area contributed by atoms with Gasteiger partial charge in [-0.2, -0.15) is 0 Å². The molecular formula is C12H15BrN4O. The number of hydrogen-bond donors (Lipinski definition) is 2. The maximum Gasteiger partial charge on any atom is 0.315 e. The molecule has 0 aliphatic carbocycles. The van der Waals surface area contributed by atoms with Crippen LogP contribution in [0.5, 0.6) is 0 Å². The molecule has 0 aliphatic rings. The molecule has 2 rings (SSSR count). The van der Waals surface area contributed by atoms with E-state index in [2.05, 4.69) is 36.8 Å². The van der Waals surface area contributed by atoms with Crippen LogP contribution in [0.3, 0.4) is 0 Å². The number of halogens is 1. The number of nitrogens with one attached hydrogen (secondary N) is 2. The molecule has 0 aliphatic heterocycles. The Labute approximate surface area is 114 Å². The number of aromatic nitrogens is 2. The van der Waals surface area contributed by atoms with Crippen molar-refractivity contribution in [3.63, 3.8) is 0 Å². The van der Waals surface area contributed by atoms with Gasteiger partial charge in [-0.05, 0) is 31.7 Å². The Morgan fingerprint density at radius 2 is 2.00 bits per heavy atom. The molecule has 0 amide bonds. The van der Waals surface area contributed by atoms with Crippen LogP contribution in [0, 0.1) is 0 Å². The van der Waals surface area contributed by atoms with Gasteiger partial charge in [-0.3, -0.25) is 0 Å². The number of rotatable bonds is 5. The van der Waals surface area contributed by atoms with Crippen molar-refractivity contribution in [1.29, 1.82) is 0 Å². The lowest BCUT2D eigenvalue weighted by Crippen LogP contribution is -2.12. The molecule has 2 aromatic rings. The Bertz CT molecular complexity index is 497. The van der Waals surface area contributed by atoms with E-state index in [-0.39, 0.29) is 6.04 Å². The van der Waals surface area contributed by atoms with Crippen molar-refractivity contribution in [1.82, 2.24) is 15.5 Å². The van der Waals surface area contributed by atoms with Crippen molar-refractivity contribution in [3.05, 3.63) is 40.2 Å². The van der Waals surface area contributed by atoms with E-state index < -0.39 is 0 Å². The fourth-order valence-electron chi connectivity index (χ4n) is 1.38. The lowest BCUT2D eigenvalue weighted by Gasteiger charge is -2.03. The summed E-state index contributed by atoms with van der Waals surface area (Å²) in [6, 6.07) is 8.56. The third-order valence-corrected chi connectivity index (χ3v) is 3.13. The van der Waals surface area contributed by atoms with Gasteiger partial charge < -0.3 is 15.1 Å². The molecule has 0 radical (unpaired) electrons. The van der Waals surface area contributed by atoms with Crippen molar-refractivity contribution in [3.8, 4) is 0 Å². The largest absolute Gasteiger partial charge is 0.406 e. The van der Waals surface area contributed by atoms with E-state index in [1.165, 1.54) is 0 Å². The van der Waals surface area contributed by atoms with E-state index in [9.17, 15) is 0 Å². The normalized spacial score (nSPS) is 12.4. The molecule has 0 bridgehead atoms. The minimum Gasteiger partial charge on any atom is -0.406 e. The second-order valence-electron chi connectivity index (χ2n) is 3.94. The smallest absolute Gasteiger partial charge is 0.315 e. The highest BCUT2D eigenvalue weighted by molar-refractivity contribution is 9.10. The summed E-state index contributed by atoms with van der Waals surface area (Å²) in [6.45, 7) is 2.62. The summed E-state index contributed by atoms with van der Waals surface area (Å²) < 4.78 is 6.54. The van der Waals surface area contributed by atoms with Gasteiger partial charge in [-0.15, -0.1) is 5.10 Å². The van der Waals surface area contributed by atoms with Crippen LogP contribution in [0.1, 0.15) is 24.4 Å². The molecule has 1 unspecified atom stereocenters. The van der Waals surface area contributed by atoms with E-state index in [0.29, 0.717) is 18.5 Å². The summed E-state index contributed by atoms with van der Waals surface area (Å²) in [6.07, 6.45) is 0. The van der Waals surface area contributed by atoms with Gasteiger partial charge in [0.05, 0.1) is 6.04 Å². The molecule has 1 heterocycles. The molecule has 0 spiro atoms. The predicted octanol–water partition coefficient (Wildman–Crippen LogP) is 2.72. The summed E-state index contributed by atoms with van der Waals surface area (Å²) >= 11 is 3.40. The lowest BCUT2D eigenvalue weighted by atomic mass is 10.2. The molecule has 96 valence electrons. The van der Waals surface area contributed by atoms with Crippen LogP contribution in [0.25, 0.3) is 0 Å². The monoisotopic (exact) mass is 310 g/mol. The first-order chi connectivity index (χ1) is 8.69. The first-order valence-electron chi connectivity index (χ1n) is 5.68. The van der Waals surface area contributed by atoms with Crippen LogP contribution in [0.4, 0.5) is 6.01 Å². The van der Waals surface area contributed by atoms with Gasteiger partial charge in [0.25, 0.3) is 0 Å². The van der Waals surface area contributed by atoms with Crippen molar-refractivity contribution >= 4 is 21.9 Å². The first-order valence-corrected chi connectivity index (χ1v) is 6.47. The van der Waals surface area contributed by atoms with E-state index >= 15 is 0 Å². The number of nitrogens with zero attached hydrogens (tertiary/aromatic N) is 2. The Morgan fingerprint density at radius 1 is 1.28 bits per heavy atom. The third kappa shape index (κ3) is 3.30. The highest BCUT2D eigenvalue weighted by Crippen LogP contribution is 2.15. The zero-order valence-corrected chi connectivity index (χ0v) is 11.9. The van der Waals surface area contributed by atoms with Gasteiger partial charge in [0.15, 0.2) is 0 Å². The van der Waals surface area contributed by atoms with Gasteiger partial charge >= 0.3 is 6.01 Å². The zero-order chi connectivity index (χ0) is 13.0. The number of hydrogen-bond acceptors (Lipinski definition) is 5. The van der Waals surface area contributed by atoms with Crippen molar-refractivity contribution in [2.24, 2.45) is 0 Å². The Hall–Kier alpha value is -1.40. The highest BCUT2D eigenvalue weighted by atomic mass is 79.9. The number of anilines is 1. The summed E-state index contributed by atoms with van der Waals surface area (Å²) in [7, 11) is 1.85. The third-order valence-electron chi connectivity index (χ3n) is 2.60. The summed E-state index contributed by atoms with van der Waals surface area (Å²) in [5.74, 6) is 0.579. The van der Waals surface area contributed by atoms with Crippen LogP contribution in [0.2, 0.25) is 0 Å². The average Bonchev–Trinajstić information content (AvgIpc) is 2.86. The topological polar surface area (TPSA) is 63.0 Å². The SMILES string of the molecule is CNC(C)c1nnc(NCc2ccc(Br)cc2)o1. The van der Waals surface area contributed by atoms with Gasteiger partial charge in [0, 0.05) is 11.0 Å². The highest BCUT2D eigenvalue weighted by Gasteiger charge is 2.11. The van der Waals surface area contributed by atoms with Gasteiger partial charge in [-0.25, -0.2) is 0 Å². The van der Waals surface area contributed by atoms with Gasteiger partial charge in [0.1, 0.15) is 0 Å². The molecule has 6 heteroatoms. The molecule has 0 saturated heterocycles. The minimum absolute atomic E-state index is 0.0562.